The van der Waals surface area contributed by atoms with Gasteiger partial charge in [-0.05, 0) is 25.2 Å². The second-order valence-corrected chi connectivity index (χ2v) is 7.41. The number of hydrogen-bond donors (Lipinski definition) is 1. The molecule has 0 spiro atoms. The van der Waals surface area contributed by atoms with Gasteiger partial charge < -0.3 is 10.6 Å². The third-order valence-corrected chi connectivity index (χ3v) is 5.75. The quantitative estimate of drug-likeness (QED) is 0.853. The first kappa shape index (κ1) is 17.1. The predicted octanol–water partition coefficient (Wildman–Crippen LogP) is 2.53. The lowest BCUT2D eigenvalue weighted by molar-refractivity contribution is -0.136. The van der Waals surface area contributed by atoms with Crippen LogP contribution in [0.25, 0.3) is 0 Å². The van der Waals surface area contributed by atoms with E-state index in [0.29, 0.717) is 17.1 Å². The van der Waals surface area contributed by atoms with Crippen molar-refractivity contribution in [2.24, 2.45) is 17.6 Å². The van der Waals surface area contributed by atoms with Gasteiger partial charge in [-0.2, -0.15) is 11.8 Å². The van der Waals surface area contributed by atoms with Gasteiger partial charge in [-0.25, -0.2) is 0 Å². The van der Waals surface area contributed by atoms with E-state index in [9.17, 15) is 4.79 Å². The van der Waals surface area contributed by atoms with Gasteiger partial charge in [0.2, 0.25) is 5.91 Å². The zero-order chi connectivity index (χ0) is 13.1. The van der Waals surface area contributed by atoms with E-state index in [2.05, 4.69) is 18.7 Å². The summed E-state index contributed by atoms with van der Waals surface area (Å²) < 4.78 is 0. The van der Waals surface area contributed by atoms with Gasteiger partial charge in [0.1, 0.15) is 0 Å². The lowest BCUT2D eigenvalue weighted by Crippen LogP contribution is -2.47. The van der Waals surface area contributed by atoms with Crippen LogP contribution >= 0.6 is 24.2 Å². The van der Waals surface area contributed by atoms with Gasteiger partial charge in [0.05, 0.1) is 0 Å². The highest BCUT2D eigenvalue weighted by atomic mass is 35.5. The van der Waals surface area contributed by atoms with Crippen LogP contribution in [0.5, 0.6) is 0 Å². The molecule has 3 atom stereocenters. The predicted molar refractivity (Wildman–Crippen MR) is 84.8 cm³/mol. The van der Waals surface area contributed by atoms with Crippen molar-refractivity contribution in [2.45, 2.75) is 50.8 Å². The highest BCUT2D eigenvalue weighted by molar-refractivity contribution is 8.00. The minimum atomic E-state index is 0. The minimum Gasteiger partial charge on any atom is -0.341 e. The summed E-state index contributed by atoms with van der Waals surface area (Å²) in [6, 6.07) is 0.243. The average molecular weight is 307 g/mol. The van der Waals surface area contributed by atoms with Crippen molar-refractivity contribution < 1.29 is 4.79 Å². The highest BCUT2D eigenvalue weighted by Crippen LogP contribution is 2.29. The zero-order valence-corrected chi connectivity index (χ0v) is 13.6. The first-order chi connectivity index (χ1) is 8.58. The fraction of sp³-hybridized carbons (Fsp3) is 0.929. The number of rotatable bonds is 2. The van der Waals surface area contributed by atoms with Crippen molar-refractivity contribution >= 4 is 30.1 Å². The van der Waals surface area contributed by atoms with Gasteiger partial charge in [-0.1, -0.05) is 20.3 Å². The molecule has 0 aromatic rings. The Morgan fingerprint density at radius 3 is 2.74 bits per heavy atom. The molecule has 1 aliphatic heterocycles. The molecule has 2 N–H and O–H groups in total. The lowest BCUT2D eigenvalue weighted by Gasteiger charge is -2.37. The van der Waals surface area contributed by atoms with E-state index in [4.69, 9.17) is 5.73 Å². The standard InChI is InChI=1S/C14H26N2OS.ClH/c1-10(2)13-9-16(6-7-18-13)14(17)11-4-3-5-12(15)8-11;/h10-13H,3-9,15H2,1-2H3;1H. The summed E-state index contributed by atoms with van der Waals surface area (Å²) in [7, 11) is 0. The van der Waals surface area contributed by atoms with E-state index in [1.54, 1.807) is 0 Å². The van der Waals surface area contributed by atoms with Gasteiger partial charge in [0, 0.05) is 36.1 Å². The maximum absolute atomic E-state index is 12.5. The van der Waals surface area contributed by atoms with E-state index in [1.807, 2.05) is 11.8 Å². The summed E-state index contributed by atoms with van der Waals surface area (Å²) in [4.78, 5) is 14.6. The largest absolute Gasteiger partial charge is 0.341 e. The molecule has 5 heteroatoms. The number of thioether (sulfide) groups is 1. The second kappa shape index (κ2) is 7.75. The van der Waals surface area contributed by atoms with Crippen LogP contribution < -0.4 is 5.73 Å². The minimum absolute atomic E-state index is 0. The van der Waals surface area contributed by atoms with Gasteiger partial charge in [-0.3, -0.25) is 4.79 Å². The number of carbonyl (C=O) groups excluding carboxylic acids is 1. The second-order valence-electron chi connectivity index (χ2n) is 6.06. The molecular weight excluding hydrogens is 280 g/mol. The number of carbonyl (C=O) groups is 1. The average Bonchev–Trinajstić information content (AvgIpc) is 2.38. The summed E-state index contributed by atoms with van der Waals surface area (Å²) in [5.74, 6) is 2.31. The normalized spacial score (nSPS) is 32.0. The molecule has 1 heterocycles. The molecule has 1 saturated heterocycles. The maximum Gasteiger partial charge on any atom is 0.225 e. The topological polar surface area (TPSA) is 46.3 Å². The molecule has 3 unspecified atom stereocenters. The maximum atomic E-state index is 12.5. The van der Waals surface area contributed by atoms with Crippen LogP contribution in [0, 0.1) is 11.8 Å². The Hall–Kier alpha value is 0.0700. The van der Waals surface area contributed by atoms with E-state index in [1.165, 1.54) is 0 Å². The Morgan fingerprint density at radius 2 is 2.11 bits per heavy atom. The fourth-order valence-electron chi connectivity index (χ4n) is 2.99. The Bertz CT molecular complexity index is 301. The summed E-state index contributed by atoms with van der Waals surface area (Å²) >= 11 is 2.02. The number of hydrogen-bond acceptors (Lipinski definition) is 3. The number of amides is 1. The Balaban J connectivity index is 0.00000180. The molecule has 19 heavy (non-hydrogen) atoms. The number of halogens is 1. The van der Waals surface area contributed by atoms with Crippen molar-refractivity contribution in [3.8, 4) is 0 Å². The Labute approximate surface area is 127 Å². The summed E-state index contributed by atoms with van der Waals surface area (Å²) in [6.45, 7) is 6.37. The third-order valence-electron chi connectivity index (χ3n) is 4.21. The van der Waals surface area contributed by atoms with Crippen molar-refractivity contribution in [1.82, 2.24) is 4.90 Å². The molecule has 2 fully saturated rings. The smallest absolute Gasteiger partial charge is 0.225 e. The van der Waals surface area contributed by atoms with Crippen molar-refractivity contribution in [2.75, 3.05) is 18.8 Å². The Kier molecular flexibility index (Phi) is 6.98. The summed E-state index contributed by atoms with van der Waals surface area (Å²) in [5.41, 5.74) is 5.99. The van der Waals surface area contributed by atoms with Crippen molar-refractivity contribution in [3.63, 3.8) is 0 Å². The molecule has 0 aromatic carbocycles. The molecule has 0 bridgehead atoms. The summed E-state index contributed by atoms with van der Waals surface area (Å²) in [5, 5.41) is 0.611. The molecule has 2 aliphatic rings. The molecule has 0 radical (unpaired) electrons. The first-order valence-corrected chi connectivity index (χ1v) is 8.28. The van der Waals surface area contributed by atoms with Gasteiger partial charge >= 0.3 is 0 Å². The van der Waals surface area contributed by atoms with E-state index in [0.717, 1.165) is 44.5 Å². The van der Waals surface area contributed by atoms with Gasteiger partial charge in [0.25, 0.3) is 0 Å². The zero-order valence-electron chi connectivity index (χ0n) is 12.0. The van der Waals surface area contributed by atoms with E-state index in [-0.39, 0.29) is 24.4 Å². The van der Waals surface area contributed by atoms with Crippen LogP contribution in [0.4, 0.5) is 0 Å². The monoisotopic (exact) mass is 306 g/mol. The summed E-state index contributed by atoms with van der Waals surface area (Å²) in [6.07, 6.45) is 4.15. The highest BCUT2D eigenvalue weighted by Gasteiger charge is 2.32. The van der Waals surface area contributed by atoms with E-state index >= 15 is 0 Å². The molecule has 0 aromatic heterocycles. The van der Waals surface area contributed by atoms with Crippen LogP contribution in [0.15, 0.2) is 0 Å². The molecule has 112 valence electrons. The van der Waals surface area contributed by atoms with Gasteiger partial charge in [-0.15, -0.1) is 12.4 Å². The van der Waals surface area contributed by atoms with Crippen molar-refractivity contribution in [3.05, 3.63) is 0 Å². The van der Waals surface area contributed by atoms with Crippen molar-refractivity contribution in [1.29, 1.82) is 0 Å². The molecular formula is C14H27ClN2OS. The third kappa shape index (κ3) is 4.54. The number of nitrogens with zero attached hydrogens (tertiary/aromatic N) is 1. The van der Waals surface area contributed by atoms with Crippen LogP contribution in [-0.4, -0.2) is 40.9 Å². The Morgan fingerprint density at radius 1 is 1.37 bits per heavy atom. The lowest BCUT2D eigenvalue weighted by atomic mass is 9.85. The molecule has 3 nitrogen and oxygen atoms in total. The van der Waals surface area contributed by atoms with Crippen LogP contribution in [0.1, 0.15) is 39.5 Å². The van der Waals surface area contributed by atoms with Gasteiger partial charge in [0.15, 0.2) is 0 Å². The SMILES string of the molecule is CC(C)C1CN(C(=O)C2CCCC(N)C2)CCS1.Cl. The fourth-order valence-corrected chi connectivity index (χ4v) is 4.29. The molecule has 1 saturated carbocycles. The van der Waals surface area contributed by atoms with Crippen LogP contribution in [-0.2, 0) is 4.79 Å². The molecule has 1 aliphatic carbocycles. The number of nitrogens with two attached hydrogens (primary N) is 1. The van der Waals surface area contributed by atoms with Crippen LogP contribution in [0.3, 0.4) is 0 Å². The molecule has 1 amide bonds. The van der Waals surface area contributed by atoms with Crippen LogP contribution in [0.2, 0.25) is 0 Å². The van der Waals surface area contributed by atoms with E-state index < -0.39 is 0 Å². The first-order valence-electron chi connectivity index (χ1n) is 7.24. The molecule has 2 rings (SSSR count).